The van der Waals surface area contributed by atoms with Gasteiger partial charge in [0.05, 0.1) is 36.1 Å². The number of nitrogens with one attached hydrogen (secondary N) is 1. The average Bonchev–Trinajstić information content (AvgIpc) is 3.48. The molecule has 37 heavy (non-hydrogen) atoms. The third-order valence-electron chi connectivity index (χ3n) is 9.44. The van der Waals surface area contributed by atoms with Gasteiger partial charge in [0, 0.05) is 11.6 Å². The van der Waals surface area contributed by atoms with Crippen LogP contribution in [0.1, 0.15) is 69.0 Å². The molecule has 6 unspecified atom stereocenters. The molecule has 7 heteroatoms. The molecular weight excluding hydrogens is 482 g/mol. The molecular formula is C30H37N3O3S. The van der Waals surface area contributed by atoms with E-state index >= 15 is 0 Å². The van der Waals surface area contributed by atoms with Crippen molar-refractivity contribution in [2.75, 3.05) is 0 Å². The van der Waals surface area contributed by atoms with Crippen LogP contribution >= 0.6 is 0 Å². The lowest BCUT2D eigenvalue weighted by molar-refractivity contribution is -0.0656. The maximum absolute atomic E-state index is 13.1. The lowest BCUT2D eigenvalue weighted by Gasteiger charge is -2.52. The molecule has 2 fully saturated rings. The number of imidazole rings is 1. The smallest absolute Gasteiger partial charge is 0.216 e. The van der Waals surface area contributed by atoms with E-state index in [4.69, 9.17) is 0 Å². The number of sulfonamides is 1. The van der Waals surface area contributed by atoms with Gasteiger partial charge in [-0.15, -0.1) is 0 Å². The summed E-state index contributed by atoms with van der Waals surface area (Å²) < 4.78 is 31.4. The summed E-state index contributed by atoms with van der Waals surface area (Å²) in [5.74, 6) is 0.811. The zero-order valence-electron chi connectivity index (χ0n) is 21.5. The van der Waals surface area contributed by atoms with Crippen LogP contribution in [0.2, 0.25) is 0 Å². The zero-order valence-corrected chi connectivity index (χ0v) is 22.3. The Morgan fingerprint density at radius 3 is 2.70 bits per heavy atom. The second-order valence-electron chi connectivity index (χ2n) is 11.6. The molecule has 0 saturated heterocycles. The number of aromatic nitrogens is 2. The Hall–Kier alpha value is -2.48. The highest BCUT2D eigenvalue weighted by molar-refractivity contribution is 7.88. The Morgan fingerprint density at radius 2 is 1.89 bits per heavy atom. The molecule has 2 N–H and O–H groups in total. The second kappa shape index (κ2) is 9.68. The van der Waals surface area contributed by atoms with E-state index in [1.165, 1.54) is 11.1 Å². The molecule has 0 spiro atoms. The Bertz CT molecular complexity index is 1360. The number of benzene rings is 2. The van der Waals surface area contributed by atoms with Crippen LogP contribution in [0, 0.1) is 17.3 Å². The van der Waals surface area contributed by atoms with Crippen molar-refractivity contribution in [1.82, 2.24) is 14.3 Å². The lowest BCUT2D eigenvalue weighted by Crippen LogP contribution is -2.52. The van der Waals surface area contributed by atoms with Gasteiger partial charge in [0.2, 0.25) is 10.0 Å². The third kappa shape index (κ3) is 4.66. The summed E-state index contributed by atoms with van der Waals surface area (Å²) in [7, 11) is -3.44. The number of aliphatic hydroxyl groups is 1. The average molecular weight is 520 g/mol. The molecule has 6 nitrogen and oxygen atoms in total. The van der Waals surface area contributed by atoms with Crippen LogP contribution in [0.15, 0.2) is 67.1 Å². The van der Waals surface area contributed by atoms with Crippen LogP contribution in [-0.2, 0) is 15.8 Å². The highest BCUT2D eigenvalue weighted by atomic mass is 32.2. The van der Waals surface area contributed by atoms with E-state index < -0.39 is 16.1 Å². The fraction of sp³-hybridized carbons (Fsp3) is 0.500. The molecule has 0 amide bonds. The molecule has 1 aliphatic heterocycles. The number of hydrogen-bond acceptors (Lipinski definition) is 4. The van der Waals surface area contributed by atoms with Crippen LogP contribution < -0.4 is 4.72 Å². The third-order valence-corrected chi connectivity index (χ3v) is 10.8. The summed E-state index contributed by atoms with van der Waals surface area (Å²) in [5, 5.41) is 11.9. The van der Waals surface area contributed by atoms with E-state index in [2.05, 4.69) is 45.5 Å². The fourth-order valence-corrected chi connectivity index (χ4v) is 9.09. The summed E-state index contributed by atoms with van der Waals surface area (Å²) in [4.78, 5) is 4.39. The molecule has 2 bridgehead atoms. The Balaban J connectivity index is 1.20. The van der Waals surface area contributed by atoms with E-state index in [1.807, 2.05) is 42.9 Å². The van der Waals surface area contributed by atoms with Gasteiger partial charge in [0.15, 0.2) is 0 Å². The summed E-state index contributed by atoms with van der Waals surface area (Å²) >= 11 is 0. The first-order valence-corrected chi connectivity index (χ1v) is 15.4. The number of nitrogens with zero attached hydrogens (tertiary/aromatic N) is 2. The van der Waals surface area contributed by atoms with Gasteiger partial charge in [-0.05, 0) is 73.3 Å². The van der Waals surface area contributed by atoms with Crippen molar-refractivity contribution in [3.63, 3.8) is 0 Å². The molecule has 3 aliphatic rings. The van der Waals surface area contributed by atoms with Gasteiger partial charge in [-0.1, -0.05) is 61.5 Å². The number of hydrogen-bond donors (Lipinski definition) is 2. The van der Waals surface area contributed by atoms with E-state index in [0.717, 1.165) is 49.8 Å². The van der Waals surface area contributed by atoms with E-state index in [9.17, 15) is 13.5 Å². The highest BCUT2D eigenvalue weighted by Gasteiger charge is 2.49. The Morgan fingerprint density at radius 1 is 1.11 bits per heavy atom. The molecule has 3 aromatic rings. The molecule has 1 aromatic heterocycles. The zero-order chi connectivity index (χ0) is 25.6. The molecule has 6 atom stereocenters. The predicted octanol–water partition coefficient (Wildman–Crippen LogP) is 5.30. The minimum Gasteiger partial charge on any atom is -0.392 e. The Labute approximate surface area is 220 Å². The summed E-state index contributed by atoms with van der Waals surface area (Å²) in [6.07, 6.45) is 9.72. The van der Waals surface area contributed by atoms with Crippen LogP contribution in [-0.4, -0.2) is 35.2 Å². The van der Waals surface area contributed by atoms with Crippen molar-refractivity contribution in [2.45, 2.75) is 75.8 Å². The van der Waals surface area contributed by atoms with Crippen LogP contribution in [0.3, 0.4) is 0 Å². The number of aliphatic hydroxyl groups excluding tert-OH is 1. The van der Waals surface area contributed by atoms with Crippen molar-refractivity contribution in [3.05, 3.63) is 78.2 Å². The standard InChI is InChI=1S/C30H37N3O3S/c1-2-30(29(34)15-27-24-10-6-7-11-25(24)28-18-31-20-33(27)28)16-22-12-13-26(23(14-22)17-30)32-37(35,36)19-21-8-4-3-5-9-21/h3-11,18,20,22-23,26-27,29,32,34H,2,12-17,19H2,1H3. The Kier molecular flexibility index (Phi) is 6.50. The fourth-order valence-electron chi connectivity index (χ4n) is 7.60. The quantitative estimate of drug-likeness (QED) is 0.423. The van der Waals surface area contributed by atoms with E-state index in [1.54, 1.807) is 0 Å². The van der Waals surface area contributed by atoms with Crippen molar-refractivity contribution in [3.8, 4) is 11.3 Å². The largest absolute Gasteiger partial charge is 0.392 e. The SMILES string of the molecule is CCC1(C(O)CC2c3ccccc3-c3cncn32)CC2CCC(NS(=O)(=O)Cc3ccccc3)C(C2)C1. The summed E-state index contributed by atoms with van der Waals surface area (Å²) in [5.41, 5.74) is 4.19. The molecule has 2 heterocycles. The van der Waals surface area contributed by atoms with Crippen LogP contribution in [0.25, 0.3) is 11.3 Å². The molecule has 2 aliphatic carbocycles. The first-order valence-electron chi connectivity index (χ1n) is 13.7. The van der Waals surface area contributed by atoms with Gasteiger partial charge in [0.1, 0.15) is 0 Å². The minimum absolute atomic E-state index is 0.0103. The van der Waals surface area contributed by atoms with Crippen molar-refractivity contribution < 1.29 is 13.5 Å². The van der Waals surface area contributed by atoms with Crippen LogP contribution in [0.5, 0.6) is 0 Å². The van der Waals surface area contributed by atoms with Gasteiger partial charge in [-0.25, -0.2) is 18.1 Å². The number of fused-ring (bicyclic) bond motifs is 5. The monoisotopic (exact) mass is 519 g/mol. The molecule has 2 saturated carbocycles. The molecule has 2 aromatic carbocycles. The molecule has 196 valence electrons. The minimum atomic E-state index is -3.44. The normalized spacial score (nSPS) is 29.5. The van der Waals surface area contributed by atoms with Crippen molar-refractivity contribution in [2.24, 2.45) is 17.3 Å². The first-order chi connectivity index (χ1) is 17.9. The highest BCUT2D eigenvalue weighted by Crippen LogP contribution is 2.54. The van der Waals surface area contributed by atoms with Gasteiger partial charge in [-0.3, -0.25) is 0 Å². The maximum atomic E-state index is 13.1. The predicted molar refractivity (Wildman–Crippen MR) is 145 cm³/mol. The maximum Gasteiger partial charge on any atom is 0.216 e. The topological polar surface area (TPSA) is 84.2 Å². The lowest BCUT2D eigenvalue weighted by atomic mass is 9.56. The molecule has 6 rings (SSSR count). The van der Waals surface area contributed by atoms with Crippen molar-refractivity contribution in [1.29, 1.82) is 0 Å². The summed E-state index contributed by atoms with van der Waals surface area (Å²) in [6, 6.07) is 17.9. The van der Waals surface area contributed by atoms with E-state index in [-0.39, 0.29) is 29.2 Å². The van der Waals surface area contributed by atoms with Crippen LogP contribution in [0.4, 0.5) is 0 Å². The van der Waals surface area contributed by atoms with Gasteiger partial charge in [-0.2, -0.15) is 0 Å². The molecule has 0 radical (unpaired) electrons. The van der Waals surface area contributed by atoms with Crippen molar-refractivity contribution >= 4 is 10.0 Å². The van der Waals surface area contributed by atoms with Gasteiger partial charge in [0.25, 0.3) is 0 Å². The van der Waals surface area contributed by atoms with Gasteiger partial charge < -0.3 is 9.67 Å². The second-order valence-corrected chi connectivity index (χ2v) is 13.3. The van der Waals surface area contributed by atoms with Gasteiger partial charge >= 0.3 is 0 Å². The van der Waals surface area contributed by atoms with E-state index in [0.29, 0.717) is 12.3 Å². The first kappa shape index (κ1) is 24.8. The summed E-state index contributed by atoms with van der Waals surface area (Å²) in [6.45, 7) is 2.20. The number of rotatable bonds is 8.